The lowest BCUT2D eigenvalue weighted by Gasteiger charge is -2.27. The first-order valence-corrected chi connectivity index (χ1v) is 4.26. The zero-order valence-corrected chi connectivity index (χ0v) is 7.73. The summed E-state index contributed by atoms with van der Waals surface area (Å²) in [6, 6.07) is 0.143. The second-order valence-corrected chi connectivity index (χ2v) is 3.50. The quantitative estimate of drug-likeness (QED) is 0.524. The van der Waals surface area contributed by atoms with Crippen LogP contribution in [0.3, 0.4) is 0 Å². The molecule has 1 N–H and O–H groups in total. The van der Waals surface area contributed by atoms with Gasteiger partial charge in [0.2, 0.25) is 5.91 Å². The molecule has 1 aliphatic rings. The Morgan fingerprint density at radius 2 is 2.33 bits per heavy atom. The molecule has 1 unspecified atom stereocenters. The van der Waals surface area contributed by atoms with Gasteiger partial charge in [-0.15, -0.1) is 11.6 Å². The smallest absolute Gasteiger partial charge is 0.248 e. The number of carbonyl (C=O) groups excluding carboxylic acids is 1. The number of amides is 1. The molecule has 0 aliphatic carbocycles. The van der Waals surface area contributed by atoms with Crippen LogP contribution < -0.4 is 5.32 Å². The van der Waals surface area contributed by atoms with Crippen LogP contribution in [0.2, 0.25) is 0 Å². The van der Waals surface area contributed by atoms with E-state index in [1.54, 1.807) is 6.92 Å². The maximum absolute atomic E-state index is 11.2. The molecule has 1 saturated heterocycles. The predicted molar refractivity (Wildman–Crippen MR) is 47.2 cm³/mol. The van der Waals surface area contributed by atoms with Gasteiger partial charge in [0.05, 0.1) is 24.6 Å². The SMILES string of the molecule is C=C(C(=O)NC1COC1)C(C)Cl. The van der Waals surface area contributed by atoms with Gasteiger partial charge in [0.25, 0.3) is 0 Å². The molecule has 0 radical (unpaired) electrons. The van der Waals surface area contributed by atoms with Crippen molar-refractivity contribution in [3.8, 4) is 0 Å². The van der Waals surface area contributed by atoms with Gasteiger partial charge in [-0.2, -0.15) is 0 Å². The van der Waals surface area contributed by atoms with Crippen LogP contribution in [-0.2, 0) is 9.53 Å². The zero-order chi connectivity index (χ0) is 9.14. The lowest BCUT2D eigenvalue weighted by molar-refractivity contribution is -0.121. The molecule has 0 aromatic carbocycles. The molecule has 0 aromatic rings. The fourth-order valence-corrected chi connectivity index (χ4v) is 0.877. The Balaban J connectivity index is 2.31. The van der Waals surface area contributed by atoms with E-state index in [4.69, 9.17) is 16.3 Å². The van der Waals surface area contributed by atoms with Gasteiger partial charge in [0, 0.05) is 5.57 Å². The monoisotopic (exact) mass is 189 g/mol. The highest BCUT2D eigenvalue weighted by Crippen LogP contribution is 2.08. The van der Waals surface area contributed by atoms with E-state index in [2.05, 4.69) is 11.9 Å². The molecule has 0 aromatic heterocycles. The van der Waals surface area contributed by atoms with Crippen molar-refractivity contribution in [1.82, 2.24) is 5.32 Å². The number of nitrogens with one attached hydrogen (secondary N) is 1. The van der Waals surface area contributed by atoms with Crippen LogP contribution in [0.4, 0.5) is 0 Å². The topological polar surface area (TPSA) is 38.3 Å². The summed E-state index contributed by atoms with van der Waals surface area (Å²) in [6.07, 6.45) is 0. The van der Waals surface area contributed by atoms with E-state index in [0.717, 1.165) is 0 Å². The lowest BCUT2D eigenvalue weighted by atomic mass is 10.2. The fourth-order valence-electron chi connectivity index (χ4n) is 0.778. The molecule has 0 spiro atoms. The van der Waals surface area contributed by atoms with E-state index >= 15 is 0 Å². The average molecular weight is 190 g/mol. The van der Waals surface area contributed by atoms with E-state index in [-0.39, 0.29) is 17.3 Å². The molecule has 0 saturated carbocycles. The van der Waals surface area contributed by atoms with Crippen LogP contribution >= 0.6 is 11.6 Å². The summed E-state index contributed by atoms with van der Waals surface area (Å²) >= 11 is 5.68. The number of halogens is 1. The molecule has 4 heteroatoms. The normalized spacial score (nSPS) is 19.5. The Hall–Kier alpha value is -0.540. The van der Waals surface area contributed by atoms with E-state index in [1.165, 1.54) is 0 Å². The molecule has 1 heterocycles. The fraction of sp³-hybridized carbons (Fsp3) is 0.625. The van der Waals surface area contributed by atoms with Gasteiger partial charge in [-0.1, -0.05) is 6.58 Å². The highest BCUT2D eigenvalue weighted by Gasteiger charge is 2.22. The van der Waals surface area contributed by atoms with Gasteiger partial charge in [0.15, 0.2) is 0 Å². The maximum atomic E-state index is 11.2. The highest BCUT2D eigenvalue weighted by molar-refractivity contribution is 6.25. The van der Waals surface area contributed by atoms with Crippen LogP contribution in [0, 0.1) is 0 Å². The number of alkyl halides is 1. The van der Waals surface area contributed by atoms with E-state index in [9.17, 15) is 4.79 Å². The predicted octanol–water partition coefficient (Wildman–Crippen LogP) is 0.685. The third-order valence-electron chi connectivity index (χ3n) is 1.75. The summed E-state index contributed by atoms with van der Waals surface area (Å²) < 4.78 is 4.90. The Morgan fingerprint density at radius 3 is 2.67 bits per heavy atom. The maximum Gasteiger partial charge on any atom is 0.248 e. The number of ether oxygens (including phenoxy) is 1. The van der Waals surface area contributed by atoms with Gasteiger partial charge in [0.1, 0.15) is 0 Å². The van der Waals surface area contributed by atoms with Crippen molar-refractivity contribution in [1.29, 1.82) is 0 Å². The van der Waals surface area contributed by atoms with Gasteiger partial charge in [-0.05, 0) is 6.92 Å². The Kier molecular flexibility index (Phi) is 3.12. The molecular formula is C8H12ClNO2. The molecule has 68 valence electrons. The van der Waals surface area contributed by atoms with Crippen LogP contribution in [0.25, 0.3) is 0 Å². The summed E-state index contributed by atoms with van der Waals surface area (Å²) in [7, 11) is 0. The molecule has 1 rings (SSSR count). The lowest BCUT2D eigenvalue weighted by Crippen LogP contribution is -2.49. The van der Waals surface area contributed by atoms with E-state index in [0.29, 0.717) is 18.8 Å². The molecule has 3 nitrogen and oxygen atoms in total. The van der Waals surface area contributed by atoms with E-state index in [1.807, 2.05) is 0 Å². The standard InChI is InChI=1S/C8H12ClNO2/c1-5(6(2)9)8(11)10-7-3-12-4-7/h6-7H,1,3-4H2,2H3,(H,10,11). The second-order valence-electron chi connectivity index (χ2n) is 2.85. The molecule has 0 bridgehead atoms. The molecular weight excluding hydrogens is 178 g/mol. The first-order valence-electron chi connectivity index (χ1n) is 3.82. The largest absolute Gasteiger partial charge is 0.377 e. The second kappa shape index (κ2) is 3.92. The Bertz CT molecular complexity index is 199. The van der Waals surface area contributed by atoms with Crippen molar-refractivity contribution in [2.24, 2.45) is 0 Å². The minimum atomic E-state index is -0.314. The first-order chi connectivity index (χ1) is 5.61. The van der Waals surface area contributed by atoms with Gasteiger partial charge >= 0.3 is 0 Å². The molecule has 1 aliphatic heterocycles. The van der Waals surface area contributed by atoms with Crippen molar-refractivity contribution >= 4 is 17.5 Å². The van der Waals surface area contributed by atoms with Crippen molar-refractivity contribution in [2.75, 3.05) is 13.2 Å². The summed E-state index contributed by atoms with van der Waals surface area (Å²) in [6.45, 7) is 6.49. The van der Waals surface area contributed by atoms with Gasteiger partial charge in [-0.25, -0.2) is 0 Å². The Labute approximate surface area is 76.7 Å². The van der Waals surface area contributed by atoms with Crippen molar-refractivity contribution < 1.29 is 9.53 Å². The van der Waals surface area contributed by atoms with Crippen LogP contribution in [0.1, 0.15) is 6.92 Å². The van der Waals surface area contributed by atoms with Crippen molar-refractivity contribution in [3.63, 3.8) is 0 Å². The highest BCUT2D eigenvalue weighted by atomic mass is 35.5. The summed E-state index contributed by atoms with van der Waals surface area (Å²) in [5.74, 6) is -0.175. The molecule has 1 atom stereocenters. The number of hydrogen-bond acceptors (Lipinski definition) is 2. The first kappa shape index (κ1) is 9.55. The number of hydrogen-bond donors (Lipinski definition) is 1. The zero-order valence-electron chi connectivity index (χ0n) is 6.97. The number of rotatable bonds is 3. The number of carbonyl (C=O) groups is 1. The van der Waals surface area contributed by atoms with E-state index < -0.39 is 0 Å². The van der Waals surface area contributed by atoms with Gasteiger partial charge < -0.3 is 10.1 Å². The van der Waals surface area contributed by atoms with Gasteiger partial charge in [-0.3, -0.25) is 4.79 Å². The Morgan fingerprint density at radius 1 is 1.75 bits per heavy atom. The van der Waals surface area contributed by atoms with Crippen LogP contribution in [-0.4, -0.2) is 30.5 Å². The van der Waals surface area contributed by atoms with Crippen LogP contribution in [0.5, 0.6) is 0 Å². The summed E-state index contributed by atoms with van der Waals surface area (Å²) in [4.78, 5) is 11.2. The molecule has 1 fully saturated rings. The van der Waals surface area contributed by atoms with Crippen molar-refractivity contribution in [2.45, 2.75) is 18.3 Å². The third kappa shape index (κ3) is 2.22. The minimum Gasteiger partial charge on any atom is -0.377 e. The summed E-state index contributed by atoms with van der Waals surface area (Å²) in [5.41, 5.74) is 0.406. The molecule has 1 amide bonds. The van der Waals surface area contributed by atoms with Crippen molar-refractivity contribution in [3.05, 3.63) is 12.2 Å². The average Bonchev–Trinajstić information content (AvgIpc) is 1.94. The minimum absolute atomic E-state index is 0.143. The summed E-state index contributed by atoms with van der Waals surface area (Å²) in [5, 5.41) is 2.44. The third-order valence-corrected chi connectivity index (χ3v) is 2.01. The van der Waals surface area contributed by atoms with Crippen LogP contribution in [0.15, 0.2) is 12.2 Å². The molecule has 12 heavy (non-hydrogen) atoms.